The molecule has 3 nitrogen and oxygen atoms in total. The van der Waals surface area contributed by atoms with E-state index in [1.54, 1.807) is 0 Å². The molecule has 0 amide bonds. The molecule has 1 N–H and O–H groups in total. The fourth-order valence-corrected chi connectivity index (χ4v) is 2.85. The number of hydrogen-bond acceptors (Lipinski definition) is 3. The number of aryl methyl sites for hydroxylation is 2. The maximum absolute atomic E-state index is 3.27. The molecule has 1 saturated heterocycles. The van der Waals surface area contributed by atoms with Crippen molar-refractivity contribution in [2.75, 3.05) is 45.2 Å². The molecule has 2 rings (SSSR count). The molecule has 0 aliphatic carbocycles. The summed E-state index contributed by atoms with van der Waals surface area (Å²) >= 11 is 0. The van der Waals surface area contributed by atoms with Crippen LogP contribution in [0.5, 0.6) is 0 Å². The first-order valence-corrected chi connectivity index (χ1v) is 7.29. The van der Waals surface area contributed by atoms with Crippen LogP contribution in [0.15, 0.2) is 18.2 Å². The average molecular weight is 261 g/mol. The summed E-state index contributed by atoms with van der Waals surface area (Å²) in [6, 6.07) is 7.43. The molecule has 1 heterocycles. The molecular formula is C16H27N3. The van der Waals surface area contributed by atoms with Gasteiger partial charge in [-0.2, -0.15) is 0 Å². The predicted octanol–water partition coefficient (Wildman–Crippen LogP) is 2.03. The van der Waals surface area contributed by atoms with Gasteiger partial charge < -0.3 is 10.2 Å². The molecule has 1 fully saturated rings. The van der Waals surface area contributed by atoms with Gasteiger partial charge in [-0.3, -0.25) is 4.90 Å². The molecule has 106 valence electrons. The lowest BCUT2D eigenvalue weighted by molar-refractivity contribution is 0.208. The summed E-state index contributed by atoms with van der Waals surface area (Å²) in [5, 5.41) is 3.27. The summed E-state index contributed by atoms with van der Waals surface area (Å²) in [5.41, 5.74) is 4.16. The maximum Gasteiger partial charge on any atom is 0.0399 e. The summed E-state index contributed by atoms with van der Waals surface area (Å²) < 4.78 is 0. The average Bonchev–Trinajstić information content (AvgIpc) is 2.41. The number of nitrogens with one attached hydrogen (secondary N) is 1. The highest BCUT2D eigenvalue weighted by atomic mass is 15.3. The van der Waals surface area contributed by atoms with Gasteiger partial charge in [0.1, 0.15) is 0 Å². The Morgan fingerprint density at radius 1 is 1.26 bits per heavy atom. The van der Waals surface area contributed by atoms with Crippen molar-refractivity contribution in [3.05, 3.63) is 29.3 Å². The molecule has 0 bridgehead atoms. The normalized spacial score (nSPS) is 20.8. The second-order valence-electron chi connectivity index (χ2n) is 5.76. The minimum Gasteiger partial charge on any atom is -0.368 e. The van der Waals surface area contributed by atoms with Crippen molar-refractivity contribution in [1.29, 1.82) is 0 Å². The van der Waals surface area contributed by atoms with Crippen molar-refractivity contribution in [1.82, 2.24) is 10.2 Å². The van der Waals surface area contributed by atoms with Crippen molar-refractivity contribution >= 4 is 5.69 Å². The van der Waals surface area contributed by atoms with Crippen LogP contribution in [-0.2, 0) is 0 Å². The van der Waals surface area contributed by atoms with E-state index in [1.165, 1.54) is 23.2 Å². The number of likely N-dealkylation sites (N-methyl/N-ethyl adjacent to an activating group) is 1. The molecule has 19 heavy (non-hydrogen) atoms. The Labute approximate surface area is 117 Å². The van der Waals surface area contributed by atoms with E-state index in [0.29, 0.717) is 6.04 Å². The molecule has 0 saturated carbocycles. The largest absolute Gasteiger partial charge is 0.368 e. The smallest absolute Gasteiger partial charge is 0.0399 e. The quantitative estimate of drug-likeness (QED) is 0.895. The summed E-state index contributed by atoms with van der Waals surface area (Å²) in [5.74, 6) is 0. The molecule has 1 aromatic carbocycles. The van der Waals surface area contributed by atoms with Gasteiger partial charge in [-0.15, -0.1) is 0 Å². The highest BCUT2D eigenvalue weighted by Crippen LogP contribution is 2.24. The first-order chi connectivity index (χ1) is 9.11. The Bertz CT molecular complexity index is 416. The van der Waals surface area contributed by atoms with Gasteiger partial charge in [-0.25, -0.2) is 0 Å². The van der Waals surface area contributed by atoms with E-state index in [9.17, 15) is 0 Å². The van der Waals surface area contributed by atoms with Gasteiger partial charge in [-0.05, 0) is 58.1 Å². The standard InChI is InChI=1S/C16H27N3/c1-13-5-6-14(2)16(11-13)19-10-9-18(4)15(12-19)7-8-17-3/h5-6,11,15,17H,7-10,12H2,1-4H3. The Hall–Kier alpha value is -1.06. The van der Waals surface area contributed by atoms with Crippen molar-refractivity contribution in [3.8, 4) is 0 Å². The lowest BCUT2D eigenvalue weighted by atomic mass is 10.1. The van der Waals surface area contributed by atoms with E-state index in [-0.39, 0.29) is 0 Å². The van der Waals surface area contributed by atoms with E-state index in [2.05, 4.69) is 54.2 Å². The minimum atomic E-state index is 0.654. The Kier molecular flexibility index (Phi) is 4.83. The van der Waals surface area contributed by atoms with Crippen LogP contribution in [0.4, 0.5) is 5.69 Å². The van der Waals surface area contributed by atoms with Gasteiger partial charge in [0.25, 0.3) is 0 Å². The van der Waals surface area contributed by atoms with Crippen LogP contribution in [-0.4, -0.2) is 51.2 Å². The first kappa shape index (κ1) is 14.4. The van der Waals surface area contributed by atoms with Crippen LogP contribution >= 0.6 is 0 Å². The number of benzene rings is 1. The second kappa shape index (κ2) is 6.40. The van der Waals surface area contributed by atoms with E-state index in [0.717, 1.165) is 26.2 Å². The first-order valence-electron chi connectivity index (χ1n) is 7.29. The predicted molar refractivity (Wildman–Crippen MR) is 83.1 cm³/mol. The van der Waals surface area contributed by atoms with Crippen molar-refractivity contribution in [3.63, 3.8) is 0 Å². The zero-order valence-electron chi connectivity index (χ0n) is 12.7. The third-order valence-corrected chi connectivity index (χ3v) is 4.21. The monoisotopic (exact) mass is 261 g/mol. The lowest BCUT2D eigenvalue weighted by Gasteiger charge is -2.41. The molecule has 1 aromatic rings. The molecule has 1 atom stereocenters. The summed E-state index contributed by atoms with van der Waals surface area (Å²) in [6.45, 7) is 8.92. The van der Waals surface area contributed by atoms with Gasteiger partial charge >= 0.3 is 0 Å². The van der Waals surface area contributed by atoms with E-state index in [1.807, 2.05) is 7.05 Å². The molecule has 3 heteroatoms. The Morgan fingerprint density at radius 2 is 2.05 bits per heavy atom. The molecule has 1 aliphatic heterocycles. The Balaban J connectivity index is 2.10. The van der Waals surface area contributed by atoms with Crippen molar-refractivity contribution in [2.45, 2.75) is 26.3 Å². The number of hydrogen-bond donors (Lipinski definition) is 1. The van der Waals surface area contributed by atoms with Gasteiger partial charge in [0.05, 0.1) is 0 Å². The second-order valence-corrected chi connectivity index (χ2v) is 5.76. The molecular weight excluding hydrogens is 234 g/mol. The van der Waals surface area contributed by atoms with E-state index >= 15 is 0 Å². The number of anilines is 1. The third-order valence-electron chi connectivity index (χ3n) is 4.21. The molecule has 0 radical (unpaired) electrons. The Morgan fingerprint density at radius 3 is 2.79 bits per heavy atom. The van der Waals surface area contributed by atoms with Crippen LogP contribution in [0.1, 0.15) is 17.5 Å². The van der Waals surface area contributed by atoms with Crippen LogP contribution in [0.3, 0.4) is 0 Å². The SMILES string of the molecule is CNCCC1CN(c2cc(C)ccc2C)CCN1C. The molecule has 0 aromatic heterocycles. The fraction of sp³-hybridized carbons (Fsp3) is 0.625. The minimum absolute atomic E-state index is 0.654. The summed E-state index contributed by atoms with van der Waals surface area (Å²) in [6.07, 6.45) is 1.22. The van der Waals surface area contributed by atoms with Crippen LogP contribution in [0.25, 0.3) is 0 Å². The lowest BCUT2D eigenvalue weighted by Crippen LogP contribution is -2.52. The maximum atomic E-state index is 3.27. The summed E-state index contributed by atoms with van der Waals surface area (Å²) in [4.78, 5) is 5.06. The number of rotatable bonds is 4. The van der Waals surface area contributed by atoms with Gasteiger partial charge in [0.2, 0.25) is 0 Å². The van der Waals surface area contributed by atoms with Gasteiger partial charge in [-0.1, -0.05) is 12.1 Å². The zero-order chi connectivity index (χ0) is 13.8. The number of piperazine rings is 1. The van der Waals surface area contributed by atoms with Crippen LogP contribution in [0, 0.1) is 13.8 Å². The molecule has 1 aliphatic rings. The van der Waals surface area contributed by atoms with E-state index < -0.39 is 0 Å². The topological polar surface area (TPSA) is 18.5 Å². The van der Waals surface area contributed by atoms with Gasteiger partial charge in [0.15, 0.2) is 0 Å². The van der Waals surface area contributed by atoms with Crippen molar-refractivity contribution < 1.29 is 0 Å². The van der Waals surface area contributed by atoms with Crippen LogP contribution in [0.2, 0.25) is 0 Å². The van der Waals surface area contributed by atoms with Crippen LogP contribution < -0.4 is 10.2 Å². The number of nitrogens with zero attached hydrogens (tertiary/aromatic N) is 2. The molecule has 1 unspecified atom stereocenters. The summed E-state index contributed by atoms with van der Waals surface area (Å²) in [7, 11) is 4.28. The fourth-order valence-electron chi connectivity index (χ4n) is 2.85. The van der Waals surface area contributed by atoms with Crippen molar-refractivity contribution in [2.24, 2.45) is 0 Å². The zero-order valence-corrected chi connectivity index (χ0v) is 12.7. The van der Waals surface area contributed by atoms with Gasteiger partial charge in [0, 0.05) is 31.4 Å². The highest BCUT2D eigenvalue weighted by molar-refractivity contribution is 5.55. The molecule has 0 spiro atoms. The highest BCUT2D eigenvalue weighted by Gasteiger charge is 2.24. The third kappa shape index (κ3) is 3.48. The van der Waals surface area contributed by atoms with E-state index in [4.69, 9.17) is 0 Å².